The van der Waals surface area contributed by atoms with Crippen molar-refractivity contribution in [1.29, 1.82) is 0 Å². The number of para-hydroxylation sites is 2. The number of carbonyl (C=O) groups is 2. The summed E-state index contributed by atoms with van der Waals surface area (Å²) in [4.78, 5) is 43.2. The number of amides is 3. The summed E-state index contributed by atoms with van der Waals surface area (Å²) in [6, 6.07) is 13.9. The number of nitrogens with one attached hydrogen (secondary N) is 2. The van der Waals surface area contributed by atoms with Crippen LogP contribution in [0.25, 0.3) is 27.6 Å². The van der Waals surface area contributed by atoms with Gasteiger partial charge in [-0.05, 0) is 30.7 Å². The first-order valence-corrected chi connectivity index (χ1v) is 11.1. The molecule has 1 unspecified atom stereocenters. The van der Waals surface area contributed by atoms with Crippen molar-refractivity contribution < 1.29 is 9.59 Å². The summed E-state index contributed by atoms with van der Waals surface area (Å²) in [5.74, 6) is 0.466. The van der Waals surface area contributed by atoms with Crippen LogP contribution in [0.2, 0.25) is 0 Å². The first-order valence-electron chi connectivity index (χ1n) is 11.1. The second kappa shape index (κ2) is 7.55. The van der Waals surface area contributed by atoms with Crippen molar-refractivity contribution in [1.82, 2.24) is 34.4 Å². The number of fused-ring (bicyclic) bond motifs is 4. The molecule has 2 N–H and O–H groups in total. The number of aryl methyl sites for hydroxylation is 1. The molecule has 1 fully saturated rings. The molecule has 170 valence electrons. The van der Waals surface area contributed by atoms with Gasteiger partial charge in [0.2, 0.25) is 5.78 Å². The lowest BCUT2D eigenvalue weighted by Gasteiger charge is -2.13. The molecule has 1 aliphatic rings. The van der Waals surface area contributed by atoms with Gasteiger partial charge in [-0.1, -0.05) is 30.3 Å². The van der Waals surface area contributed by atoms with Crippen molar-refractivity contribution in [3.05, 3.63) is 76.5 Å². The lowest BCUT2D eigenvalue weighted by atomic mass is 10.1. The molecule has 3 amide bonds. The highest BCUT2D eigenvalue weighted by Gasteiger charge is 2.39. The summed E-state index contributed by atoms with van der Waals surface area (Å²) in [5, 5.41) is 12.8. The third kappa shape index (κ3) is 2.92. The molecule has 0 saturated carbocycles. The molecule has 0 bridgehead atoms. The van der Waals surface area contributed by atoms with E-state index in [4.69, 9.17) is 0 Å². The summed E-state index contributed by atoms with van der Waals surface area (Å²) in [6.45, 7) is 2.22. The summed E-state index contributed by atoms with van der Waals surface area (Å²) >= 11 is 0. The monoisotopic (exact) mass is 455 g/mol. The molecule has 34 heavy (non-hydrogen) atoms. The Hall–Kier alpha value is -4.47. The third-order valence-corrected chi connectivity index (χ3v) is 6.40. The summed E-state index contributed by atoms with van der Waals surface area (Å²) < 4.78 is 3.28. The van der Waals surface area contributed by atoms with E-state index in [1.54, 1.807) is 16.5 Å². The second-order valence-electron chi connectivity index (χ2n) is 8.31. The van der Waals surface area contributed by atoms with E-state index in [0.29, 0.717) is 35.5 Å². The van der Waals surface area contributed by atoms with Crippen LogP contribution in [0.5, 0.6) is 0 Å². The number of hydrogen-bond donors (Lipinski definition) is 2. The zero-order valence-electron chi connectivity index (χ0n) is 18.4. The number of H-pyrrole nitrogens is 1. The SMILES string of the molecule is CCn1c(=O)c2ccccc2n2c(CN3C(=O)NC(Cc4c[nH]c5ccccc45)C3=O)nnc12. The topological polar surface area (TPSA) is 117 Å². The highest BCUT2D eigenvalue weighted by atomic mass is 16.2. The number of nitrogens with zero attached hydrogens (tertiary/aromatic N) is 5. The molecule has 3 aromatic heterocycles. The van der Waals surface area contributed by atoms with E-state index < -0.39 is 12.1 Å². The zero-order chi connectivity index (χ0) is 23.4. The minimum Gasteiger partial charge on any atom is -0.361 e. The number of carbonyl (C=O) groups excluding carboxylic acids is 2. The average Bonchev–Trinajstić information content (AvgIpc) is 3.53. The fraction of sp³-hybridized carbons (Fsp3) is 0.208. The Balaban J connectivity index is 1.35. The van der Waals surface area contributed by atoms with Crippen LogP contribution in [0.1, 0.15) is 18.3 Å². The van der Waals surface area contributed by atoms with Crippen LogP contribution in [-0.2, 0) is 24.3 Å². The van der Waals surface area contributed by atoms with Gasteiger partial charge < -0.3 is 10.3 Å². The van der Waals surface area contributed by atoms with Crippen molar-refractivity contribution >= 4 is 39.5 Å². The van der Waals surface area contributed by atoms with Crippen LogP contribution in [0.3, 0.4) is 0 Å². The lowest BCUT2D eigenvalue weighted by Crippen LogP contribution is -2.32. The van der Waals surface area contributed by atoms with E-state index in [1.807, 2.05) is 49.5 Å². The van der Waals surface area contributed by atoms with Gasteiger partial charge in [0.25, 0.3) is 11.5 Å². The van der Waals surface area contributed by atoms with E-state index in [9.17, 15) is 14.4 Å². The number of urea groups is 1. The van der Waals surface area contributed by atoms with Gasteiger partial charge >= 0.3 is 6.03 Å². The maximum absolute atomic E-state index is 13.2. The van der Waals surface area contributed by atoms with Gasteiger partial charge in [-0.25, -0.2) is 4.79 Å². The van der Waals surface area contributed by atoms with Crippen LogP contribution in [0.15, 0.2) is 59.5 Å². The van der Waals surface area contributed by atoms with Crippen LogP contribution >= 0.6 is 0 Å². The Morgan fingerprint density at radius 3 is 2.56 bits per heavy atom. The zero-order valence-corrected chi connectivity index (χ0v) is 18.4. The molecular weight excluding hydrogens is 434 g/mol. The molecule has 10 heteroatoms. The highest BCUT2D eigenvalue weighted by molar-refractivity contribution is 6.04. The first-order chi connectivity index (χ1) is 16.6. The Labute approximate surface area is 192 Å². The van der Waals surface area contributed by atoms with Crippen LogP contribution in [-0.4, -0.2) is 47.0 Å². The Bertz CT molecular complexity index is 1660. The summed E-state index contributed by atoms with van der Waals surface area (Å²) in [5.41, 5.74) is 2.42. The van der Waals surface area contributed by atoms with E-state index in [2.05, 4.69) is 20.5 Å². The fourth-order valence-corrected chi connectivity index (χ4v) is 4.73. The van der Waals surface area contributed by atoms with E-state index in [1.165, 1.54) is 4.57 Å². The van der Waals surface area contributed by atoms with Crippen LogP contribution in [0.4, 0.5) is 4.79 Å². The van der Waals surface area contributed by atoms with Gasteiger partial charge in [0.1, 0.15) is 6.04 Å². The standard InChI is InChI=1S/C24H21N7O3/c1-2-29-21(32)16-8-4-6-10-19(16)31-20(27-28-23(29)31)13-30-22(33)18(26-24(30)34)11-14-12-25-17-9-5-3-7-15(14)17/h3-10,12,18,25H,2,11,13H2,1H3,(H,26,34). The van der Waals surface area contributed by atoms with E-state index in [0.717, 1.165) is 21.4 Å². The minimum absolute atomic E-state index is 0.0534. The fourth-order valence-electron chi connectivity index (χ4n) is 4.73. The number of rotatable bonds is 5. The lowest BCUT2D eigenvalue weighted by molar-refractivity contribution is -0.127. The predicted octanol–water partition coefficient (Wildman–Crippen LogP) is 2.21. The molecular formula is C24H21N7O3. The molecule has 5 aromatic rings. The Kier molecular flexibility index (Phi) is 4.47. The maximum atomic E-state index is 13.2. The van der Waals surface area contributed by atoms with E-state index >= 15 is 0 Å². The molecule has 10 nitrogen and oxygen atoms in total. The normalized spacial score (nSPS) is 16.3. The van der Waals surface area contributed by atoms with Crippen molar-refractivity contribution in [3.8, 4) is 0 Å². The highest BCUT2D eigenvalue weighted by Crippen LogP contribution is 2.22. The Morgan fingerprint density at radius 2 is 1.74 bits per heavy atom. The van der Waals surface area contributed by atoms with Crippen molar-refractivity contribution in [2.75, 3.05) is 0 Å². The van der Waals surface area contributed by atoms with E-state index in [-0.39, 0.29) is 18.0 Å². The minimum atomic E-state index is -0.670. The van der Waals surface area contributed by atoms with Gasteiger partial charge in [0, 0.05) is 30.1 Å². The van der Waals surface area contributed by atoms with Crippen LogP contribution in [0, 0.1) is 0 Å². The second-order valence-corrected chi connectivity index (χ2v) is 8.31. The van der Waals surface area contributed by atoms with Gasteiger partial charge in [-0.15, -0.1) is 10.2 Å². The third-order valence-electron chi connectivity index (χ3n) is 6.40. The van der Waals surface area contributed by atoms with Gasteiger partial charge in [0.15, 0.2) is 5.82 Å². The average molecular weight is 455 g/mol. The molecule has 1 atom stereocenters. The number of aromatic amines is 1. The van der Waals surface area contributed by atoms with Gasteiger partial charge in [-0.2, -0.15) is 0 Å². The van der Waals surface area contributed by atoms with Crippen molar-refractivity contribution in [2.45, 2.75) is 32.5 Å². The number of benzene rings is 2. The summed E-state index contributed by atoms with van der Waals surface area (Å²) in [7, 11) is 0. The molecule has 1 aliphatic heterocycles. The number of hydrogen-bond acceptors (Lipinski definition) is 5. The molecule has 0 aliphatic carbocycles. The molecule has 6 rings (SSSR count). The van der Waals surface area contributed by atoms with Gasteiger partial charge in [0.05, 0.1) is 17.4 Å². The number of aromatic nitrogens is 5. The largest absolute Gasteiger partial charge is 0.361 e. The van der Waals surface area contributed by atoms with Crippen molar-refractivity contribution in [3.63, 3.8) is 0 Å². The van der Waals surface area contributed by atoms with Gasteiger partial charge in [-0.3, -0.25) is 23.5 Å². The quantitative estimate of drug-likeness (QED) is 0.394. The van der Waals surface area contributed by atoms with Crippen LogP contribution < -0.4 is 10.9 Å². The predicted molar refractivity (Wildman–Crippen MR) is 125 cm³/mol. The smallest absolute Gasteiger partial charge is 0.325 e. The summed E-state index contributed by atoms with van der Waals surface area (Å²) in [6.07, 6.45) is 2.25. The number of imide groups is 1. The maximum Gasteiger partial charge on any atom is 0.325 e. The first kappa shape index (κ1) is 20.2. The molecule has 4 heterocycles. The molecule has 2 aromatic carbocycles. The molecule has 1 saturated heterocycles. The van der Waals surface area contributed by atoms with Crippen molar-refractivity contribution in [2.24, 2.45) is 0 Å². The molecule has 0 spiro atoms. The molecule has 0 radical (unpaired) electrons. The Morgan fingerprint density at radius 1 is 0.971 bits per heavy atom.